The van der Waals surface area contributed by atoms with Crippen LogP contribution in [-0.2, 0) is 0 Å². The Morgan fingerprint density at radius 1 is 1.00 bits per heavy atom. The third kappa shape index (κ3) is 4.00. The zero-order valence-corrected chi connectivity index (χ0v) is 10.9. The average Bonchev–Trinajstić information content (AvgIpc) is 2.14. The van der Waals surface area contributed by atoms with E-state index in [9.17, 15) is 5.11 Å². The highest BCUT2D eigenvalue weighted by molar-refractivity contribution is 4.82. The Morgan fingerprint density at radius 2 is 1.50 bits per heavy atom. The molecule has 0 amide bonds. The minimum Gasteiger partial charge on any atom is -0.390 e. The predicted molar refractivity (Wildman–Crippen MR) is 63.4 cm³/mol. The van der Waals surface area contributed by atoms with E-state index in [0.29, 0.717) is 11.3 Å². The summed E-state index contributed by atoms with van der Waals surface area (Å²) in [7, 11) is 0. The summed E-state index contributed by atoms with van der Waals surface area (Å²) in [6, 6.07) is 0. The van der Waals surface area contributed by atoms with E-state index in [1.165, 1.54) is 6.42 Å². The maximum absolute atomic E-state index is 10.4. The lowest BCUT2D eigenvalue weighted by Crippen LogP contribution is -2.35. The number of aliphatic hydroxyl groups is 1. The summed E-state index contributed by atoms with van der Waals surface area (Å²) < 4.78 is 0. The van der Waals surface area contributed by atoms with Gasteiger partial charge in [-0.25, -0.2) is 0 Å². The quantitative estimate of drug-likeness (QED) is 0.687. The maximum Gasteiger partial charge on any atom is 0.0668 e. The molecule has 0 aliphatic carbocycles. The van der Waals surface area contributed by atoms with Crippen LogP contribution in [-0.4, -0.2) is 10.7 Å². The standard InChI is InChI=1S/C13H28O/c1-7-12(5,6)9-10-13(14,8-2)11(3)4/h11,14H,7-10H2,1-6H3. The minimum atomic E-state index is -0.452. The molecule has 86 valence electrons. The molecule has 0 aliphatic heterocycles. The topological polar surface area (TPSA) is 20.2 Å². The van der Waals surface area contributed by atoms with Crippen LogP contribution in [0.1, 0.15) is 67.2 Å². The predicted octanol–water partition coefficient (Wildman–Crippen LogP) is 4.00. The molecule has 1 heteroatoms. The van der Waals surface area contributed by atoms with E-state index in [0.717, 1.165) is 19.3 Å². The highest BCUT2D eigenvalue weighted by Gasteiger charge is 2.30. The molecule has 0 rings (SSSR count). The molecule has 1 unspecified atom stereocenters. The van der Waals surface area contributed by atoms with Crippen LogP contribution in [0.5, 0.6) is 0 Å². The van der Waals surface area contributed by atoms with Gasteiger partial charge >= 0.3 is 0 Å². The molecule has 0 heterocycles. The minimum absolute atomic E-state index is 0.361. The first-order chi connectivity index (χ1) is 6.27. The maximum atomic E-state index is 10.4. The summed E-state index contributed by atoms with van der Waals surface area (Å²) in [5.74, 6) is 0.361. The Hall–Kier alpha value is -0.0400. The van der Waals surface area contributed by atoms with Crippen LogP contribution in [0.2, 0.25) is 0 Å². The Bertz CT molecular complexity index is 161. The van der Waals surface area contributed by atoms with Crippen molar-refractivity contribution in [3.8, 4) is 0 Å². The molecule has 0 spiro atoms. The Kier molecular flexibility index (Phi) is 5.14. The summed E-state index contributed by atoms with van der Waals surface area (Å²) in [6.45, 7) is 13.1. The summed E-state index contributed by atoms with van der Waals surface area (Å²) in [5.41, 5.74) is -0.0789. The number of rotatable bonds is 6. The van der Waals surface area contributed by atoms with Gasteiger partial charge in [-0.3, -0.25) is 0 Å². The molecule has 14 heavy (non-hydrogen) atoms. The fraction of sp³-hybridized carbons (Fsp3) is 1.00. The first kappa shape index (κ1) is 14.0. The van der Waals surface area contributed by atoms with Gasteiger partial charge in [0.1, 0.15) is 0 Å². The van der Waals surface area contributed by atoms with Crippen LogP contribution in [0, 0.1) is 11.3 Å². The average molecular weight is 200 g/mol. The van der Waals surface area contributed by atoms with Crippen molar-refractivity contribution in [2.45, 2.75) is 72.8 Å². The molecule has 1 atom stereocenters. The molecular formula is C13H28O. The fourth-order valence-electron chi connectivity index (χ4n) is 1.61. The van der Waals surface area contributed by atoms with Gasteiger partial charge in [-0.15, -0.1) is 0 Å². The van der Waals surface area contributed by atoms with Gasteiger partial charge in [0.05, 0.1) is 5.60 Å². The van der Waals surface area contributed by atoms with Gasteiger partial charge in [-0.2, -0.15) is 0 Å². The van der Waals surface area contributed by atoms with E-state index in [-0.39, 0.29) is 0 Å². The summed E-state index contributed by atoms with van der Waals surface area (Å²) in [6.07, 6.45) is 4.10. The highest BCUT2D eigenvalue weighted by Crippen LogP contribution is 2.34. The van der Waals surface area contributed by atoms with Crippen molar-refractivity contribution in [3.63, 3.8) is 0 Å². The van der Waals surface area contributed by atoms with Gasteiger partial charge < -0.3 is 5.11 Å². The van der Waals surface area contributed by atoms with E-state index in [2.05, 4.69) is 41.5 Å². The molecule has 0 aromatic carbocycles. The third-order valence-electron chi connectivity index (χ3n) is 3.88. The van der Waals surface area contributed by atoms with E-state index < -0.39 is 5.60 Å². The molecule has 0 aliphatic rings. The fourth-order valence-corrected chi connectivity index (χ4v) is 1.61. The Morgan fingerprint density at radius 3 is 1.79 bits per heavy atom. The first-order valence-electron chi connectivity index (χ1n) is 6.00. The van der Waals surface area contributed by atoms with Gasteiger partial charge in [-0.1, -0.05) is 48.0 Å². The van der Waals surface area contributed by atoms with Crippen LogP contribution in [0.4, 0.5) is 0 Å². The zero-order valence-electron chi connectivity index (χ0n) is 10.9. The molecule has 1 nitrogen and oxygen atoms in total. The van der Waals surface area contributed by atoms with E-state index in [4.69, 9.17) is 0 Å². The van der Waals surface area contributed by atoms with Crippen LogP contribution in [0.3, 0.4) is 0 Å². The first-order valence-corrected chi connectivity index (χ1v) is 6.00. The monoisotopic (exact) mass is 200 g/mol. The van der Waals surface area contributed by atoms with Crippen LogP contribution in [0.15, 0.2) is 0 Å². The van der Waals surface area contributed by atoms with Crippen molar-refractivity contribution in [1.82, 2.24) is 0 Å². The molecule has 0 aromatic heterocycles. The van der Waals surface area contributed by atoms with E-state index >= 15 is 0 Å². The molecule has 0 bridgehead atoms. The van der Waals surface area contributed by atoms with Crippen molar-refractivity contribution in [2.75, 3.05) is 0 Å². The summed E-state index contributed by atoms with van der Waals surface area (Å²) in [5, 5.41) is 10.4. The van der Waals surface area contributed by atoms with Gasteiger partial charge in [0, 0.05) is 0 Å². The second kappa shape index (κ2) is 5.16. The van der Waals surface area contributed by atoms with E-state index in [1.807, 2.05) is 0 Å². The van der Waals surface area contributed by atoms with Gasteiger partial charge in [0.15, 0.2) is 0 Å². The SMILES string of the molecule is CCC(C)(C)CCC(O)(CC)C(C)C. The van der Waals surface area contributed by atoms with Gasteiger partial charge in [-0.05, 0) is 30.6 Å². The van der Waals surface area contributed by atoms with Crippen LogP contribution in [0.25, 0.3) is 0 Å². The lowest BCUT2D eigenvalue weighted by molar-refractivity contribution is -0.0259. The highest BCUT2D eigenvalue weighted by atomic mass is 16.3. The van der Waals surface area contributed by atoms with Crippen molar-refractivity contribution < 1.29 is 5.11 Å². The largest absolute Gasteiger partial charge is 0.390 e. The summed E-state index contributed by atoms with van der Waals surface area (Å²) in [4.78, 5) is 0. The van der Waals surface area contributed by atoms with Crippen molar-refractivity contribution in [2.24, 2.45) is 11.3 Å². The third-order valence-corrected chi connectivity index (χ3v) is 3.88. The van der Waals surface area contributed by atoms with E-state index in [1.54, 1.807) is 0 Å². The molecular weight excluding hydrogens is 172 g/mol. The lowest BCUT2D eigenvalue weighted by atomic mass is 9.76. The Balaban J connectivity index is 4.21. The normalized spacial score (nSPS) is 17.1. The zero-order chi connectivity index (χ0) is 11.4. The van der Waals surface area contributed by atoms with Gasteiger partial charge in [0.2, 0.25) is 0 Å². The van der Waals surface area contributed by atoms with Crippen LogP contribution < -0.4 is 0 Å². The molecule has 0 aromatic rings. The molecule has 0 radical (unpaired) electrons. The second-order valence-corrected chi connectivity index (χ2v) is 5.63. The number of hydrogen-bond acceptors (Lipinski definition) is 1. The molecule has 0 saturated carbocycles. The number of hydrogen-bond donors (Lipinski definition) is 1. The lowest BCUT2D eigenvalue weighted by Gasteiger charge is -2.34. The summed E-state index contributed by atoms with van der Waals surface area (Å²) >= 11 is 0. The van der Waals surface area contributed by atoms with Crippen LogP contribution >= 0.6 is 0 Å². The second-order valence-electron chi connectivity index (χ2n) is 5.63. The van der Waals surface area contributed by atoms with Gasteiger partial charge in [0.25, 0.3) is 0 Å². The molecule has 0 saturated heterocycles. The Labute approximate surface area is 89.9 Å². The van der Waals surface area contributed by atoms with Crippen molar-refractivity contribution in [1.29, 1.82) is 0 Å². The molecule has 0 fully saturated rings. The smallest absolute Gasteiger partial charge is 0.0668 e. The van der Waals surface area contributed by atoms with Crippen molar-refractivity contribution in [3.05, 3.63) is 0 Å². The molecule has 1 N–H and O–H groups in total. The van der Waals surface area contributed by atoms with Crippen molar-refractivity contribution >= 4 is 0 Å².